The van der Waals surface area contributed by atoms with Crippen molar-refractivity contribution in [2.24, 2.45) is 0 Å². The summed E-state index contributed by atoms with van der Waals surface area (Å²) in [5.74, 6) is -0.351. The van der Waals surface area contributed by atoms with E-state index in [1.165, 1.54) is 11.6 Å². The molecule has 0 saturated carbocycles. The minimum Gasteiger partial charge on any atom is -0.490 e. The first-order valence-corrected chi connectivity index (χ1v) is 12.9. The predicted octanol–water partition coefficient (Wildman–Crippen LogP) is 5.86. The molecule has 7 nitrogen and oxygen atoms in total. The summed E-state index contributed by atoms with van der Waals surface area (Å²) in [4.78, 5) is 39.7. The van der Waals surface area contributed by atoms with Crippen LogP contribution < -0.4 is 19.7 Å². The Morgan fingerprint density at radius 3 is 2.41 bits per heavy atom. The molecular weight excluding hydrogens is 583 g/mol. The van der Waals surface area contributed by atoms with Crippen LogP contribution in [0.3, 0.4) is 0 Å². The molecule has 4 rings (SSSR count). The van der Waals surface area contributed by atoms with Crippen molar-refractivity contribution in [1.82, 2.24) is 5.32 Å². The van der Waals surface area contributed by atoms with Crippen molar-refractivity contribution in [2.75, 3.05) is 11.5 Å². The standard InChI is InChI=1S/C29H27IN2O5/c1-5-36-25-15-21(14-23(30)26(25)37-16-20-11-9-17(2)10-12-20)13-22-27(33)31-29(35)32(28(22)34)24-8-6-7-18(3)19(24)4/h6-15H,5,16H2,1-4H3,(H,31,33,35)/b22-13+. The fraction of sp³-hybridized carbons (Fsp3) is 0.207. The Bertz CT molecular complexity index is 1410. The summed E-state index contributed by atoms with van der Waals surface area (Å²) < 4.78 is 12.7. The van der Waals surface area contributed by atoms with Gasteiger partial charge in [-0.05, 0) is 96.8 Å². The fourth-order valence-corrected chi connectivity index (χ4v) is 4.72. The summed E-state index contributed by atoms with van der Waals surface area (Å²) >= 11 is 2.14. The van der Waals surface area contributed by atoms with E-state index in [1.807, 2.05) is 58.0 Å². The predicted molar refractivity (Wildman–Crippen MR) is 151 cm³/mol. The molecule has 1 saturated heterocycles. The van der Waals surface area contributed by atoms with E-state index >= 15 is 0 Å². The van der Waals surface area contributed by atoms with E-state index in [1.54, 1.807) is 24.3 Å². The van der Waals surface area contributed by atoms with Crippen LogP contribution in [-0.4, -0.2) is 24.5 Å². The van der Waals surface area contributed by atoms with Crippen molar-refractivity contribution in [3.63, 3.8) is 0 Å². The number of imide groups is 2. The number of urea groups is 1. The minimum atomic E-state index is -0.773. The minimum absolute atomic E-state index is 0.146. The average molecular weight is 610 g/mol. The first kappa shape index (κ1) is 26.4. The number of ether oxygens (including phenoxy) is 2. The van der Waals surface area contributed by atoms with E-state index in [-0.39, 0.29) is 5.57 Å². The molecule has 4 amide bonds. The molecule has 0 spiro atoms. The highest BCUT2D eigenvalue weighted by molar-refractivity contribution is 14.1. The molecule has 190 valence electrons. The van der Waals surface area contributed by atoms with Crippen molar-refractivity contribution in [2.45, 2.75) is 34.3 Å². The lowest BCUT2D eigenvalue weighted by Gasteiger charge is -2.28. The number of hydrogen-bond acceptors (Lipinski definition) is 5. The van der Waals surface area contributed by atoms with Gasteiger partial charge in [0.25, 0.3) is 11.8 Å². The van der Waals surface area contributed by atoms with Crippen LogP contribution >= 0.6 is 22.6 Å². The van der Waals surface area contributed by atoms with E-state index in [9.17, 15) is 14.4 Å². The van der Waals surface area contributed by atoms with Crippen molar-refractivity contribution in [3.8, 4) is 11.5 Å². The van der Waals surface area contributed by atoms with Gasteiger partial charge in [-0.25, -0.2) is 9.69 Å². The van der Waals surface area contributed by atoms with Gasteiger partial charge in [-0.1, -0.05) is 42.0 Å². The number of aryl methyl sites for hydroxylation is 2. The number of anilines is 1. The molecule has 1 N–H and O–H groups in total. The number of rotatable bonds is 7. The monoisotopic (exact) mass is 610 g/mol. The molecule has 8 heteroatoms. The summed E-state index contributed by atoms with van der Waals surface area (Å²) in [5, 5.41) is 2.28. The van der Waals surface area contributed by atoms with Gasteiger partial charge in [-0.15, -0.1) is 0 Å². The van der Waals surface area contributed by atoms with Crippen LogP contribution in [0.25, 0.3) is 6.08 Å². The fourth-order valence-electron chi connectivity index (χ4n) is 3.93. The largest absolute Gasteiger partial charge is 0.490 e. The number of barbiturate groups is 1. The zero-order chi connectivity index (χ0) is 26.7. The lowest BCUT2D eigenvalue weighted by atomic mass is 10.0. The second-order valence-corrected chi connectivity index (χ2v) is 9.88. The molecule has 1 aliphatic heterocycles. The number of halogens is 1. The molecule has 0 atom stereocenters. The number of amides is 4. The van der Waals surface area contributed by atoms with Crippen LogP contribution in [0.2, 0.25) is 0 Å². The number of hydrogen-bond donors (Lipinski definition) is 1. The maximum absolute atomic E-state index is 13.4. The Kier molecular flexibility index (Phi) is 7.97. The third-order valence-corrected chi connectivity index (χ3v) is 6.87. The molecular formula is C29H27IN2O5. The quantitative estimate of drug-likeness (QED) is 0.206. The molecule has 1 aliphatic rings. The number of carbonyl (C=O) groups is 3. The summed E-state index contributed by atoms with van der Waals surface area (Å²) in [6.45, 7) is 8.40. The normalized spacial score (nSPS) is 14.7. The molecule has 0 unspecified atom stereocenters. The topological polar surface area (TPSA) is 84.9 Å². The highest BCUT2D eigenvalue weighted by Crippen LogP contribution is 2.36. The number of nitrogens with one attached hydrogen (secondary N) is 1. The smallest absolute Gasteiger partial charge is 0.335 e. The van der Waals surface area contributed by atoms with Gasteiger partial charge in [0, 0.05) is 0 Å². The summed E-state index contributed by atoms with van der Waals surface area (Å²) in [6, 6.07) is 16.2. The van der Waals surface area contributed by atoms with E-state index in [2.05, 4.69) is 27.9 Å². The van der Waals surface area contributed by atoms with Crippen molar-refractivity contribution in [3.05, 3.63) is 91.6 Å². The molecule has 37 heavy (non-hydrogen) atoms. The van der Waals surface area contributed by atoms with Crippen molar-refractivity contribution >= 4 is 52.2 Å². The molecule has 0 aromatic heterocycles. The molecule has 0 aliphatic carbocycles. The lowest BCUT2D eigenvalue weighted by Crippen LogP contribution is -2.54. The van der Waals surface area contributed by atoms with E-state index < -0.39 is 17.8 Å². The maximum atomic E-state index is 13.4. The second-order valence-electron chi connectivity index (χ2n) is 8.71. The van der Waals surface area contributed by atoms with Crippen molar-refractivity contribution < 1.29 is 23.9 Å². The summed E-state index contributed by atoms with van der Waals surface area (Å²) in [7, 11) is 0. The average Bonchev–Trinajstić information content (AvgIpc) is 2.85. The van der Waals surface area contributed by atoms with Gasteiger partial charge < -0.3 is 9.47 Å². The van der Waals surface area contributed by atoms with Gasteiger partial charge in [0.1, 0.15) is 12.2 Å². The summed E-state index contributed by atoms with van der Waals surface area (Å²) in [6.07, 6.45) is 1.47. The molecule has 3 aromatic carbocycles. The molecule has 0 radical (unpaired) electrons. The Morgan fingerprint density at radius 2 is 1.70 bits per heavy atom. The zero-order valence-corrected chi connectivity index (χ0v) is 23.2. The van der Waals surface area contributed by atoms with E-state index in [0.717, 1.165) is 25.2 Å². The number of carbonyl (C=O) groups excluding carboxylic acids is 3. The zero-order valence-electron chi connectivity index (χ0n) is 21.1. The van der Waals surface area contributed by atoms with Crippen LogP contribution in [0.15, 0.2) is 60.2 Å². The van der Waals surface area contributed by atoms with Gasteiger partial charge in [0.05, 0.1) is 15.9 Å². The Morgan fingerprint density at radius 1 is 0.973 bits per heavy atom. The lowest BCUT2D eigenvalue weighted by molar-refractivity contribution is -0.122. The highest BCUT2D eigenvalue weighted by atomic mass is 127. The van der Waals surface area contributed by atoms with Crippen LogP contribution in [-0.2, 0) is 16.2 Å². The Hall–Kier alpha value is -3.66. The van der Waals surface area contributed by atoms with Gasteiger partial charge >= 0.3 is 6.03 Å². The highest BCUT2D eigenvalue weighted by Gasteiger charge is 2.37. The van der Waals surface area contributed by atoms with E-state index in [4.69, 9.17) is 9.47 Å². The van der Waals surface area contributed by atoms with Crippen LogP contribution in [0.4, 0.5) is 10.5 Å². The Balaban J connectivity index is 1.67. The van der Waals surface area contributed by atoms with Gasteiger partial charge in [-0.2, -0.15) is 0 Å². The van der Waals surface area contributed by atoms with Crippen LogP contribution in [0.1, 0.15) is 34.7 Å². The van der Waals surface area contributed by atoms with Crippen molar-refractivity contribution in [1.29, 1.82) is 0 Å². The Labute approximate surface area is 229 Å². The second kappa shape index (κ2) is 11.2. The van der Waals surface area contributed by atoms with E-state index in [0.29, 0.717) is 36.0 Å². The van der Waals surface area contributed by atoms with Gasteiger partial charge in [-0.3, -0.25) is 14.9 Å². The first-order chi connectivity index (χ1) is 17.7. The maximum Gasteiger partial charge on any atom is 0.335 e. The molecule has 0 bridgehead atoms. The van der Waals surface area contributed by atoms with Gasteiger partial charge in [0.2, 0.25) is 0 Å². The van der Waals surface area contributed by atoms with Gasteiger partial charge in [0.15, 0.2) is 11.5 Å². The van der Waals surface area contributed by atoms with Crippen LogP contribution in [0, 0.1) is 24.3 Å². The number of benzene rings is 3. The molecule has 1 heterocycles. The molecule has 1 fully saturated rings. The summed E-state index contributed by atoms with van der Waals surface area (Å²) in [5.41, 5.74) is 4.77. The molecule has 3 aromatic rings. The van der Waals surface area contributed by atoms with Crippen LogP contribution in [0.5, 0.6) is 11.5 Å². The first-order valence-electron chi connectivity index (χ1n) is 11.8. The number of nitrogens with zero attached hydrogens (tertiary/aromatic N) is 1. The third kappa shape index (κ3) is 5.69. The third-order valence-electron chi connectivity index (χ3n) is 6.07. The SMILES string of the molecule is CCOc1cc(/C=C2\C(=O)NC(=O)N(c3cccc(C)c3C)C2=O)cc(I)c1OCc1ccc(C)cc1.